The lowest BCUT2D eigenvalue weighted by Crippen LogP contribution is -2.24. The number of esters is 1. The van der Waals surface area contributed by atoms with Crippen LogP contribution in [0.3, 0.4) is 0 Å². The van der Waals surface area contributed by atoms with E-state index in [1.807, 2.05) is 0 Å². The third-order valence-electron chi connectivity index (χ3n) is 2.96. The van der Waals surface area contributed by atoms with Gasteiger partial charge in [0.2, 0.25) is 0 Å². The van der Waals surface area contributed by atoms with Crippen molar-refractivity contribution in [3.05, 3.63) is 17.5 Å². The van der Waals surface area contributed by atoms with Crippen LogP contribution in [0.15, 0.2) is 6.20 Å². The Labute approximate surface area is 113 Å². The monoisotopic (exact) mass is 269 g/mol. The van der Waals surface area contributed by atoms with Gasteiger partial charge in [0.25, 0.3) is 0 Å². The third kappa shape index (κ3) is 4.65. The van der Waals surface area contributed by atoms with Gasteiger partial charge in [-0.3, -0.25) is 4.68 Å². The van der Waals surface area contributed by atoms with Crippen molar-refractivity contribution in [2.75, 3.05) is 19.8 Å². The third-order valence-corrected chi connectivity index (χ3v) is 2.96. The first kappa shape index (κ1) is 15.7. The predicted molar refractivity (Wildman–Crippen MR) is 71.7 cm³/mol. The van der Waals surface area contributed by atoms with Crippen molar-refractivity contribution in [2.24, 2.45) is 13.0 Å². The van der Waals surface area contributed by atoms with Gasteiger partial charge in [-0.15, -0.1) is 0 Å². The second-order valence-corrected chi connectivity index (χ2v) is 4.60. The number of aliphatic hydroxyl groups is 1. The molecule has 0 saturated heterocycles. The normalized spacial score (nSPS) is 12.4. The Kier molecular flexibility index (Phi) is 6.52. The number of aryl methyl sites for hydroxylation is 1. The molecule has 0 aliphatic rings. The van der Waals surface area contributed by atoms with Gasteiger partial charge in [-0.05, 0) is 25.8 Å². The molecule has 0 amide bonds. The molecule has 1 aromatic heterocycles. The van der Waals surface area contributed by atoms with Crippen molar-refractivity contribution >= 4 is 5.97 Å². The molecule has 1 heterocycles. The number of aromatic nitrogens is 2. The highest BCUT2D eigenvalue weighted by Gasteiger charge is 2.16. The number of hydrogen-bond acceptors (Lipinski definition) is 5. The lowest BCUT2D eigenvalue weighted by atomic mass is 10.1. The van der Waals surface area contributed by atoms with E-state index in [-0.39, 0.29) is 12.6 Å². The molecule has 1 rings (SSSR count). The molecule has 6 heteroatoms. The molecule has 19 heavy (non-hydrogen) atoms. The van der Waals surface area contributed by atoms with Gasteiger partial charge in [0.05, 0.1) is 18.5 Å². The van der Waals surface area contributed by atoms with Gasteiger partial charge in [0.15, 0.2) is 0 Å². The largest absolute Gasteiger partial charge is 0.462 e. The van der Waals surface area contributed by atoms with Gasteiger partial charge in [0, 0.05) is 20.2 Å². The number of carbonyl (C=O) groups excluding carboxylic acids is 1. The highest BCUT2D eigenvalue weighted by molar-refractivity contribution is 5.90. The first-order chi connectivity index (χ1) is 9.10. The summed E-state index contributed by atoms with van der Waals surface area (Å²) >= 11 is 0. The van der Waals surface area contributed by atoms with Crippen molar-refractivity contribution in [3.8, 4) is 0 Å². The van der Waals surface area contributed by atoms with Crippen molar-refractivity contribution in [2.45, 2.75) is 26.8 Å². The zero-order valence-corrected chi connectivity index (χ0v) is 11.8. The molecule has 0 aliphatic carbocycles. The van der Waals surface area contributed by atoms with E-state index in [1.54, 1.807) is 18.7 Å². The molecule has 0 spiro atoms. The van der Waals surface area contributed by atoms with Gasteiger partial charge >= 0.3 is 5.97 Å². The molecule has 6 nitrogen and oxygen atoms in total. The average molecular weight is 269 g/mol. The molecule has 1 unspecified atom stereocenters. The molecule has 108 valence electrons. The van der Waals surface area contributed by atoms with Crippen molar-refractivity contribution < 1.29 is 14.6 Å². The number of carbonyl (C=O) groups is 1. The Hall–Kier alpha value is -1.40. The van der Waals surface area contributed by atoms with Gasteiger partial charge in [0.1, 0.15) is 5.56 Å². The minimum atomic E-state index is -0.337. The minimum absolute atomic E-state index is 0.197. The van der Waals surface area contributed by atoms with E-state index in [2.05, 4.69) is 17.3 Å². The second kappa shape index (κ2) is 7.91. The lowest BCUT2D eigenvalue weighted by Gasteiger charge is -2.12. The van der Waals surface area contributed by atoms with Crippen LogP contribution in [0.5, 0.6) is 0 Å². The molecule has 0 saturated carbocycles. The second-order valence-electron chi connectivity index (χ2n) is 4.60. The fourth-order valence-corrected chi connectivity index (χ4v) is 1.81. The predicted octanol–water partition coefficient (Wildman–Crippen LogP) is 0.705. The van der Waals surface area contributed by atoms with Crippen LogP contribution in [-0.2, 0) is 18.3 Å². The summed E-state index contributed by atoms with van der Waals surface area (Å²) in [6.45, 7) is 5.74. The van der Waals surface area contributed by atoms with Crippen LogP contribution in [0.2, 0.25) is 0 Å². The van der Waals surface area contributed by atoms with Crippen molar-refractivity contribution in [1.82, 2.24) is 15.1 Å². The van der Waals surface area contributed by atoms with E-state index in [0.717, 1.165) is 18.7 Å². The number of rotatable bonds is 8. The summed E-state index contributed by atoms with van der Waals surface area (Å²) < 4.78 is 6.67. The number of nitrogens with one attached hydrogen (secondary N) is 1. The van der Waals surface area contributed by atoms with E-state index in [1.165, 1.54) is 6.20 Å². The summed E-state index contributed by atoms with van der Waals surface area (Å²) in [5.74, 6) is 0.0556. The Morgan fingerprint density at radius 2 is 2.37 bits per heavy atom. The molecular weight excluding hydrogens is 246 g/mol. The summed E-state index contributed by atoms with van der Waals surface area (Å²) in [5, 5.41) is 16.2. The van der Waals surface area contributed by atoms with Crippen LogP contribution >= 0.6 is 0 Å². The highest BCUT2D eigenvalue weighted by atomic mass is 16.5. The van der Waals surface area contributed by atoms with E-state index in [0.29, 0.717) is 24.6 Å². The molecule has 0 aromatic carbocycles. The number of aliphatic hydroxyl groups excluding tert-OH is 1. The zero-order valence-electron chi connectivity index (χ0n) is 11.8. The van der Waals surface area contributed by atoms with E-state index in [9.17, 15) is 4.79 Å². The maximum atomic E-state index is 11.7. The first-order valence-electron chi connectivity index (χ1n) is 6.59. The van der Waals surface area contributed by atoms with Crippen LogP contribution in [0.1, 0.15) is 36.3 Å². The summed E-state index contributed by atoms with van der Waals surface area (Å²) in [7, 11) is 1.80. The maximum Gasteiger partial charge on any atom is 0.341 e. The summed E-state index contributed by atoms with van der Waals surface area (Å²) in [4.78, 5) is 11.7. The molecule has 0 aliphatic heterocycles. The van der Waals surface area contributed by atoms with Crippen LogP contribution in [-0.4, -0.2) is 40.6 Å². The van der Waals surface area contributed by atoms with E-state index < -0.39 is 0 Å². The van der Waals surface area contributed by atoms with E-state index in [4.69, 9.17) is 9.84 Å². The Bertz CT molecular complexity index is 404. The quantitative estimate of drug-likeness (QED) is 0.680. The highest BCUT2D eigenvalue weighted by Crippen LogP contribution is 2.09. The molecular formula is C13H23N3O3. The molecule has 0 radical (unpaired) electrons. The van der Waals surface area contributed by atoms with Crippen LogP contribution in [0.25, 0.3) is 0 Å². The maximum absolute atomic E-state index is 11.7. The molecule has 0 bridgehead atoms. The van der Waals surface area contributed by atoms with Crippen LogP contribution < -0.4 is 5.32 Å². The van der Waals surface area contributed by atoms with Gasteiger partial charge in [-0.25, -0.2) is 4.79 Å². The number of ether oxygens (including phenoxy) is 1. The van der Waals surface area contributed by atoms with Gasteiger partial charge in [-0.1, -0.05) is 6.92 Å². The van der Waals surface area contributed by atoms with E-state index >= 15 is 0 Å². The van der Waals surface area contributed by atoms with Crippen molar-refractivity contribution in [1.29, 1.82) is 0 Å². The summed E-state index contributed by atoms with van der Waals surface area (Å²) in [5.41, 5.74) is 1.32. The average Bonchev–Trinajstić information content (AvgIpc) is 2.72. The van der Waals surface area contributed by atoms with Gasteiger partial charge < -0.3 is 15.2 Å². The lowest BCUT2D eigenvalue weighted by molar-refractivity contribution is 0.0524. The zero-order chi connectivity index (χ0) is 14.3. The molecule has 1 atom stereocenters. The van der Waals surface area contributed by atoms with Crippen molar-refractivity contribution in [3.63, 3.8) is 0 Å². The Morgan fingerprint density at radius 3 is 3.00 bits per heavy atom. The standard InChI is InChI=1S/C13H23N3O3/c1-4-19-13(18)11-8-15-16(3)12(11)9-14-7-10(2)5-6-17/h8,10,14,17H,4-7,9H2,1-3H3. The van der Waals surface area contributed by atoms with Crippen LogP contribution in [0.4, 0.5) is 0 Å². The smallest absolute Gasteiger partial charge is 0.341 e. The minimum Gasteiger partial charge on any atom is -0.462 e. The SMILES string of the molecule is CCOC(=O)c1cnn(C)c1CNCC(C)CCO. The number of nitrogens with zero attached hydrogens (tertiary/aromatic N) is 2. The first-order valence-corrected chi connectivity index (χ1v) is 6.59. The van der Waals surface area contributed by atoms with Crippen LogP contribution in [0, 0.1) is 5.92 Å². The fourth-order valence-electron chi connectivity index (χ4n) is 1.81. The Balaban J connectivity index is 2.57. The Morgan fingerprint density at radius 1 is 1.63 bits per heavy atom. The molecule has 2 N–H and O–H groups in total. The summed E-state index contributed by atoms with van der Waals surface area (Å²) in [6.07, 6.45) is 2.30. The van der Waals surface area contributed by atoms with Gasteiger partial charge in [-0.2, -0.15) is 5.10 Å². The topological polar surface area (TPSA) is 76.4 Å². The molecule has 0 fully saturated rings. The fraction of sp³-hybridized carbons (Fsp3) is 0.692. The number of hydrogen-bond donors (Lipinski definition) is 2. The molecule has 1 aromatic rings. The summed E-state index contributed by atoms with van der Waals surface area (Å²) in [6, 6.07) is 0.